The number of halogens is 1. The Bertz CT molecular complexity index is 309. The molecule has 1 N–H and O–H groups in total. The van der Waals surface area contributed by atoms with E-state index < -0.39 is 0 Å². The van der Waals surface area contributed by atoms with Gasteiger partial charge < -0.3 is 5.32 Å². The quantitative estimate of drug-likeness (QED) is 0.866. The van der Waals surface area contributed by atoms with E-state index in [1.807, 2.05) is 0 Å². The van der Waals surface area contributed by atoms with Crippen LogP contribution in [0.25, 0.3) is 0 Å². The van der Waals surface area contributed by atoms with Crippen molar-refractivity contribution >= 4 is 15.9 Å². The first-order chi connectivity index (χ1) is 7.00. The van der Waals surface area contributed by atoms with E-state index in [1.165, 1.54) is 5.56 Å². The summed E-state index contributed by atoms with van der Waals surface area (Å²) in [7, 11) is 0. The van der Waals surface area contributed by atoms with Crippen LogP contribution in [0, 0.1) is 5.92 Å². The predicted octanol–water partition coefficient (Wildman–Crippen LogP) is 4.14. The number of nitrogens with one attached hydrogen (secondary N) is 1. The number of rotatable bonds is 4. The van der Waals surface area contributed by atoms with Crippen LogP contribution in [-0.4, -0.2) is 6.04 Å². The molecule has 1 aromatic rings. The monoisotopic (exact) mass is 269 g/mol. The molecule has 0 spiro atoms. The summed E-state index contributed by atoms with van der Waals surface area (Å²) in [6, 6.07) is 9.42. The van der Waals surface area contributed by atoms with Gasteiger partial charge in [0.2, 0.25) is 0 Å². The zero-order valence-electron chi connectivity index (χ0n) is 9.92. The van der Waals surface area contributed by atoms with Gasteiger partial charge in [-0.05, 0) is 37.5 Å². The molecule has 1 rings (SSSR count). The summed E-state index contributed by atoms with van der Waals surface area (Å²) in [5.41, 5.74) is 1.33. The summed E-state index contributed by atoms with van der Waals surface area (Å²) >= 11 is 3.50. The molecule has 0 saturated heterocycles. The zero-order chi connectivity index (χ0) is 11.4. The van der Waals surface area contributed by atoms with Crippen LogP contribution in [0.4, 0.5) is 0 Å². The van der Waals surface area contributed by atoms with Gasteiger partial charge in [0.1, 0.15) is 0 Å². The number of hydrogen-bond donors (Lipinski definition) is 1. The Hall–Kier alpha value is -0.340. The molecule has 1 unspecified atom stereocenters. The van der Waals surface area contributed by atoms with Gasteiger partial charge in [-0.1, -0.05) is 41.9 Å². The van der Waals surface area contributed by atoms with Crippen LogP contribution in [0.3, 0.4) is 0 Å². The third-order valence-electron chi connectivity index (χ3n) is 2.86. The van der Waals surface area contributed by atoms with Crippen molar-refractivity contribution in [3.05, 3.63) is 34.3 Å². The Morgan fingerprint density at radius 3 is 2.33 bits per heavy atom. The van der Waals surface area contributed by atoms with Crippen molar-refractivity contribution < 1.29 is 0 Å². The Kier molecular flexibility index (Phi) is 4.81. The average molecular weight is 270 g/mol. The first-order valence-corrected chi connectivity index (χ1v) is 6.31. The number of hydrogen-bond acceptors (Lipinski definition) is 1. The van der Waals surface area contributed by atoms with Crippen LogP contribution < -0.4 is 5.32 Å². The molecule has 2 atom stereocenters. The lowest BCUT2D eigenvalue weighted by Gasteiger charge is -2.23. The van der Waals surface area contributed by atoms with E-state index >= 15 is 0 Å². The second kappa shape index (κ2) is 5.66. The van der Waals surface area contributed by atoms with Crippen LogP contribution >= 0.6 is 15.9 Å². The highest BCUT2D eigenvalue weighted by atomic mass is 79.9. The molecule has 0 aliphatic rings. The standard InChI is InChI=1S/C13H20BrN/c1-9(2)10(3)15-11(4)12-6-5-7-13(14)8-12/h5-11,15H,1-4H3/t10?,11-/m1/s1. The Morgan fingerprint density at radius 1 is 1.13 bits per heavy atom. The lowest BCUT2D eigenvalue weighted by Crippen LogP contribution is -2.32. The summed E-state index contributed by atoms with van der Waals surface area (Å²) in [4.78, 5) is 0. The van der Waals surface area contributed by atoms with Crippen LogP contribution in [-0.2, 0) is 0 Å². The minimum atomic E-state index is 0.403. The van der Waals surface area contributed by atoms with Crippen molar-refractivity contribution in [2.24, 2.45) is 5.92 Å². The maximum atomic E-state index is 3.60. The third-order valence-corrected chi connectivity index (χ3v) is 3.35. The van der Waals surface area contributed by atoms with Gasteiger partial charge in [-0.25, -0.2) is 0 Å². The van der Waals surface area contributed by atoms with E-state index in [9.17, 15) is 0 Å². The molecular weight excluding hydrogens is 250 g/mol. The fourth-order valence-electron chi connectivity index (χ4n) is 1.46. The summed E-state index contributed by atoms with van der Waals surface area (Å²) in [6.07, 6.45) is 0. The van der Waals surface area contributed by atoms with Crippen molar-refractivity contribution in [1.82, 2.24) is 5.32 Å². The molecule has 15 heavy (non-hydrogen) atoms. The maximum absolute atomic E-state index is 3.60. The highest BCUT2D eigenvalue weighted by molar-refractivity contribution is 9.10. The molecule has 0 aliphatic carbocycles. The fourth-order valence-corrected chi connectivity index (χ4v) is 1.88. The second-order valence-electron chi connectivity index (χ2n) is 4.48. The third kappa shape index (κ3) is 3.96. The van der Waals surface area contributed by atoms with Gasteiger partial charge in [0.25, 0.3) is 0 Å². The molecule has 2 heteroatoms. The summed E-state index contributed by atoms with van der Waals surface area (Å²) in [5, 5.41) is 3.60. The molecule has 0 bridgehead atoms. The van der Waals surface area contributed by atoms with E-state index in [1.54, 1.807) is 0 Å². The highest BCUT2D eigenvalue weighted by Gasteiger charge is 2.11. The van der Waals surface area contributed by atoms with Crippen molar-refractivity contribution in [3.8, 4) is 0 Å². The molecule has 0 aliphatic heterocycles. The van der Waals surface area contributed by atoms with Gasteiger partial charge in [0, 0.05) is 16.6 Å². The van der Waals surface area contributed by atoms with E-state index in [0.29, 0.717) is 18.0 Å². The Morgan fingerprint density at radius 2 is 1.80 bits per heavy atom. The van der Waals surface area contributed by atoms with Crippen LogP contribution in [0.2, 0.25) is 0 Å². The average Bonchev–Trinajstić information content (AvgIpc) is 2.17. The molecule has 84 valence electrons. The second-order valence-corrected chi connectivity index (χ2v) is 5.39. The first-order valence-electron chi connectivity index (χ1n) is 5.52. The molecular formula is C13H20BrN. The smallest absolute Gasteiger partial charge is 0.0294 e. The van der Waals surface area contributed by atoms with Gasteiger partial charge in [0.05, 0.1) is 0 Å². The normalized spacial score (nSPS) is 15.3. The lowest BCUT2D eigenvalue weighted by molar-refractivity contribution is 0.389. The lowest BCUT2D eigenvalue weighted by atomic mass is 10.0. The summed E-state index contributed by atoms with van der Waals surface area (Å²) in [5.74, 6) is 0.666. The predicted molar refractivity (Wildman–Crippen MR) is 70.0 cm³/mol. The molecule has 0 saturated carbocycles. The molecule has 0 aromatic heterocycles. The van der Waals surface area contributed by atoms with Gasteiger partial charge in [0.15, 0.2) is 0 Å². The minimum Gasteiger partial charge on any atom is -0.307 e. The van der Waals surface area contributed by atoms with E-state index in [2.05, 4.69) is 73.2 Å². The van der Waals surface area contributed by atoms with E-state index in [0.717, 1.165) is 4.47 Å². The van der Waals surface area contributed by atoms with Crippen LogP contribution in [0.15, 0.2) is 28.7 Å². The molecule has 0 amide bonds. The molecule has 1 nitrogen and oxygen atoms in total. The fraction of sp³-hybridized carbons (Fsp3) is 0.538. The van der Waals surface area contributed by atoms with Crippen molar-refractivity contribution in [3.63, 3.8) is 0 Å². The highest BCUT2D eigenvalue weighted by Crippen LogP contribution is 2.19. The minimum absolute atomic E-state index is 0.403. The van der Waals surface area contributed by atoms with E-state index in [-0.39, 0.29) is 0 Å². The Labute approximate surface area is 101 Å². The largest absolute Gasteiger partial charge is 0.307 e. The molecule has 0 heterocycles. The van der Waals surface area contributed by atoms with Gasteiger partial charge in [-0.15, -0.1) is 0 Å². The Balaban J connectivity index is 2.64. The summed E-state index contributed by atoms with van der Waals surface area (Å²) in [6.45, 7) is 8.93. The SMILES string of the molecule is CC(C)C(C)N[C@H](C)c1cccc(Br)c1. The van der Waals surface area contributed by atoms with Gasteiger partial charge in [-0.3, -0.25) is 0 Å². The molecule has 0 radical (unpaired) electrons. The molecule has 0 fully saturated rings. The van der Waals surface area contributed by atoms with Crippen molar-refractivity contribution in [2.45, 2.75) is 39.8 Å². The van der Waals surface area contributed by atoms with Crippen LogP contribution in [0.1, 0.15) is 39.3 Å². The topological polar surface area (TPSA) is 12.0 Å². The zero-order valence-corrected chi connectivity index (χ0v) is 11.5. The summed E-state index contributed by atoms with van der Waals surface area (Å²) < 4.78 is 1.14. The van der Waals surface area contributed by atoms with Gasteiger partial charge in [-0.2, -0.15) is 0 Å². The van der Waals surface area contributed by atoms with E-state index in [4.69, 9.17) is 0 Å². The first kappa shape index (κ1) is 12.7. The van der Waals surface area contributed by atoms with Gasteiger partial charge >= 0.3 is 0 Å². The van der Waals surface area contributed by atoms with Crippen molar-refractivity contribution in [2.75, 3.05) is 0 Å². The molecule has 1 aromatic carbocycles. The van der Waals surface area contributed by atoms with Crippen molar-refractivity contribution in [1.29, 1.82) is 0 Å². The maximum Gasteiger partial charge on any atom is 0.0294 e. The number of benzene rings is 1. The van der Waals surface area contributed by atoms with Crippen LogP contribution in [0.5, 0.6) is 0 Å².